The second kappa shape index (κ2) is 7.76. The number of rotatable bonds is 5. The van der Waals surface area contributed by atoms with Gasteiger partial charge in [-0.1, -0.05) is 44.2 Å². The second-order valence-electron chi connectivity index (χ2n) is 4.01. The maximum atomic E-state index is 5.87. The average molecular weight is 231 g/mol. The van der Waals surface area contributed by atoms with Gasteiger partial charge in [-0.3, -0.25) is 0 Å². The van der Waals surface area contributed by atoms with E-state index in [-0.39, 0.29) is 6.04 Å². The molecule has 0 heterocycles. The van der Waals surface area contributed by atoms with Crippen molar-refractivity contribution in [2.75, 3.05) is 6.61 Å². The fourth-order valence-electron chi connectivity index (χ4n) is 1.46. The Balaban J connectivity index is 2.75. The van der Waals surface area contributed by atoms with Gasteiger partial charge in [0.05, 0.1) is 18.2 Å². The number of para-hydroxylation sites is 1. The molecule has 0 aliphatic heterocycles. The van der Waals surface area contributed by atoms with Gasteiger partial charge in [-0.2, -0.15) is 0 Å². The molecular formula is C15H21NO. The van der Waals surface area contributed by atoms with Gasteiger partial charge in [0.15, 0.2) is 0 Å². The van der Waals surface area contributed by atoms with Crippen LogP contribution in [0, 0.1) is 11.8 Å². The molecule has 0 radical (unpaired) electrons. The maximum Gasteiger partial charge on any atom is 0.134 e. The monoisotopic (exact) mass is 231 g/mol. The minimum Gasteiger partial charge on any atom is -0.492 e. The van der Waals surface area contributed by atoms with Crippen LogP contribution >= 0.6 is 0 Å². The molecule has 0 aliphatic rings. The molecule has 0 bridgehead atoms. The van der Waals surface area contributed by atoms with E-state index in [4.69, 9.17) is 10.5 Å². The highest BCUT2D eigenvalue weighted by molar-refractivity contribution is 5.46. The number of ether oxygens (including phenoxy) is 1. The summed E-state index contributed by atoms with van der Waals surface area (Å²) in [5.41, 5.74) is 6.79. The highest BCUT2D eigenvalue weighted by Crippen LogP contribution is 2.16. The van der Waals surface area contributed by atoms with Crippen LogP contribution in [0.15, 0.2) is 24.3 Å². The lowest BCUT2D eigenvalue weighted by atomic mass is 10.1. The summed E-state index contributed by atoms with van der Waals surface area (Å²) in [6, 6.07) is 7.80. The van der Waals surface area contributed by atoms with E-state index in [0.717, 1.165) is 37.2 Å². The van der Waals surface area contributed by atoms with Crippen molar-refractivity contribution in [3.05, 3.63) is 29.8 Å². The molecule has 2 N–H and O–H groups in total. The molecule has 0 saturated carbocycles. The van der Waals surface area contributed by atoms with Gasteiger partial charge >= 0.3 is 0 Å². The van der Waals surface area contributed by atoms with Crippen LogP contribution in [0.25, 0.3) is 0 Å². The van der Waals surface area contributed by atoms with E-state index in [1.54, 1.807) is 0 Å². The highest BCUT2D eigenvalue weighted by atomic mass is 16.5. The van der Waals surface area contributed by atoms with Crippen molar-refractivity contribution in [3.63, 3.8) is 0 Å². The zero-order valence-corrected chi connectivity index (χ0v) is 10.7. The molecule has 2 nitrogen and oxygen atoms in total. The van der Waals surface area contributed by atoms with E-state index in [9.17, 15) is 0 Å². The van der Waals surface area contributed by atoms with Crippen LogP contribution in [0.3, 0.4) is 0 Å². The zero-order valence-electron chi connectivity index (χ0n) is 10.7. The van der Waals surface area contributed by atoms with Gasteiger partial charge in [-0.15, -0.1) is 0 Å². The van der Waals surface area contributed by atoms with Crippen molar-refractivity contribution >= 4 is 0 Å². The van der Waals surface area contributed by atoms with Crippen molar-refractivity contribution in [3.8, 4) is 17.6 Å². The molecule has 0 fully saturated rings. The third-order valence-corrected chi connectivity index (χ3v) is 2.34. The normalized spacial score (nSPS) is 11.5. The summed E-state index contributed by atoms with van der Waals surface area (Å²) in [4.78, 5) is 0. The van der Waals surface area contributed by atoms with Crippen LogP contribution in [-0.2, 0) is 0 Å². The molecule has 1 rings (SSSR count). The zero-order chi connectivity index (χ0) is 12.5. The highest BCUT2D eigenvalue weighted by Gasteiger charge is 2.00. The lowest BCUT2D eigenvalue weighted by Gasteiger charge is -2.06. The van der Waals surface area contributed by atoms with Crippen LogP contribution < -0.4 is 10.5 Å². The summed E-state index contributed by atoms with van der Waals surface area (Å²) in [7, 11) is 0. The Morgan fingerprint density at radius 3 is 2.71 bits per heavy atom. The molecule has 1 aromatic carbocycles. The molecule has 2 heteroatoms. The van der Waals surface area contributed by atoms with E-state index in [1.165, 1.54) is 0 Å². The first-order chi connectivity index (χ1) is 8.27. The van der Waals surface area contributed by atoms with Gasteiger partial charge in [0.25, 0.3) is 0 Å². The second-order valence-corrected chi connectivity index (χ2v) is 4.01. The van der Waals surface area contributed by atoms with Gasteiger partial charge in [-0.05, 0) is 25.0 Å². The first-order valence-corrected chi connectivity index (χ1v) is 6.26. The van der Waals surface area contributed by atoms with Crippen LogP contribution in [0.1, 0.15) is 38.7 Å². The summed E-state index contributed by atoms with van der Waals surface area (Å²) >= 11 is 0. The molecule has 0 amide bonds. The van der Waals surface area contributed by atoms with E-state index in [1.807, 2.05) is 24.3 Å². The number of benzene rings is 1. The predicted molar refractivity (Wildman–Crippen MR) is 72.0 cm³/mol. The van der Waals surface area contributed by atoms with E-state index in [2.05, 4.69) is 25.7 Å². The van der Waals surface area contributed by atoms with Crippen LogP contribution in [-0.4, -0.2) is 12.6 Å². The molecule has 0 aromatic heterocycles. The number of nitrogens with two attached hydrogens (primary N) is 1. The van der Waals surface area contributed by atoms with Crippen LogP contribution in [0.5, 0.6) is 5.75 Å². The van der Waals surface area contributed by atoms with Crippen molar-refractivity contribution in [2.45, 2.75) is 39.2 Å². The van der Waals surface area contributed by atoms with Crippen molar-refractivity contribution in [1.29, 1.82) is 0 Å². The SMILES string of the molecule is CCCOc1ccccc1C#CC(N)CCC. The summed E-state index contributed by atoms with van der Waals surface area (Å²) < 4.78 is 5.64. The van der Waals surface area contributed by atoms with Crippen molar-refractivity contribution in [1.82, 2.24) is 0 Å². The first-order valence-electron chi connectivity index (χ1n) is 6.26. The standard InChI is InChI=1S/C15H21NO/c1-3-7-14(16)11-10-13-8-5-6-9-15(13)17-12-4-2/h5-6,8-9,14H,3-4,7,12,16H2,1-2H3. The molecule has 92 valence electrons. The van der Waals surface area contributed by atoms with E-state index in [0.29, 0.717) is 0 Å². The Hall–Kier alpha value is -1.46. The van der Waals surface area contributed by atoms with Crippen molar-refractivity contribution < 1.29 is 4.74 Å². The molecule has 1 atom stereocenters. The number of hydrogen-bond acceptors (Lipinski definition) is 2. The largest absolute Gasteiger partial charge is 0.492 e. The number of hydrogen-bond donors (Lipinski definition) is 1. The van der Waals surface area contributed by atoms with Crippen LogP contribution in [0.4, 0.5) is 0 Å². The Morgan fingerprint density at radius 2 is 2.00 bits per heavy atom. The predicted octanol–water partition coefficient (Wildman–Crippen LogP) is 2.95. The topological polar surface area (TPSA) is 35.2 Å². The van der Waals surface area contributed by atoms with E-state index >= 15 is 0 Å². The third-order valence-electron chi connectivity index (χ3n) is 2.34. The summed E-state index contributed by atoms with van der Waals surface area (Å²) in [6.45, 7) is 4.92. The molecular weight excluding hydrogens is 210 g/mol. The average Bonchev–Trinajstić information content (AvgIpc) is 2.35. The summed E-state index contributed by atoms with van der Waals surface area (Å²) in [5.74, 6) is 7.02. The Kier molecular flexibility index (Phi) is 6.21. The van der Waals surface area contributed by atoms with E-state index < -0.39 is 0 Å². The Morgan fingerprint density at radius 1 is 1.24 bits per heavy atom. The van der Waals surface area contributed by atoms with Gasteiger partial charge in [-0.25, -0.2) is 0 Å². The molecule has 1 aromatic rings. The quantitative estimate of drug-likeness (QED) is 0.791. The fourth-order valence-corrected chi connectivity index (χ4v) is 1.46. The molecule has 0 saturated heterocycles. The smallest absolute Gasteiger partial charge is 0.134 e. The third kappa shape index (κ3) is 4.93. The van der Waals surface area contributed by atoms with Gasteiger partial charge < -0.3 is 10.5 Å². The van der Waals surface area contributed by atoms with Crippen molar-refractivity contribution in [2.24, 2.45) is 5.73 Å². The van der Waals surface area contributed by atoms with Gasteiger partial charge in [0.2, 0.25) is 0 Å². The molecule has 0 spiro atoms. The summed E-state index contributed by atoms with van der Waals surface area (Å²) in [5, 5.41) is 0. The van der Waals surface area contributed by atoms with Crippen LogP contribution in [0.2, 0.25) is 0 Å². The fraction of sp³-hybridized carbons (Fsp3) is 0.467. The Labute approximate surface area is 104 Å². The molecule has 1 unspecified atom stereocenters. The van der Waals surface area contributed by atoms with Gasteiger partial charge in [0, 0.05) is 0 Å². The maximum absolute atomic E-state index is 5.87. The summed E-state index contributed by atoms with van der Waals surface area (Å²) in [6.07, 6.45) is 2.99. The Bertz CT molecular complexity index is 389. The molecule has 0 aliphatic carbocycles. The first kappa shape index (κ1) is 13.6. The minimum atomic E-state index is -0.0424. The van der Waals surface area contributed by atoms with Gasteiger partial charge in [0.1, 0.15) is 5.75 Å². The molecule has 17 heavy (non-hydrogen) atoms. The lowest BCUT2D eigenvalue weighted by molar-refractivity contribution is 0.316. The minimum absolute atomic E-state index is 0.0424. The lowest BCUT2D eigenvalue weighted by Crippen LogP contribution is -2.16.